The third-order valence-corrected chi connectivity index (χ3v) is 7.10. The lowest BCUT2D eigenvalue weighted by atomic mass is 9.74. The highest BCUT2D eigenvalue weighted by molar-refractivity contribution is 5.79. The summed E-state index contributed by atoms with van der Waals surface area (Å²) in [7, 11) is 2.10. The van der Waals surface area contributed by atoms with Gasteiger partial charge in [-0.15, -0.1) is 0 Å². The number of likely N-dealkylation sites (N-methyl/N-ethyl adjacent to an activating group) is 1. The molecule has 0 aliphatic carbocycles. The smallest absolute Gasteiger partial charge is 0.137 e. The standard InChI is InChI=1S/C26H33FN4O2/c1-4-6-26(15-32-16-26)18-11-20(27)24(21(28)12-18)25-22(13-19-14-30(3)8-9-33-19)31-7-5-17(2)10-23(31)29-25/h5,7,10-12,19H,4,6,8-9,13-16,28H2,1-3H3. The highest BCUT2D eigenvalue weighted by Gasteiger charge is 2.40. The van der Waals surface area contributed by atoms with Gasteiger partial charge in [-0.3, -0.25) is 0 Å². The average molecular weight is 453 g/mol. The largest absolute Gasteiger partial charge is 0.398 e. The zero-order chi connectivity index (χ0) is 23.2. The monoisotopic (exact) mass is 452 g/mol. The molecule has 3 aromatic rings. The van der Waals surface area contributed by atoms with Crippen LogP contribution >= 0.6 is 0 Å². The van der Waals surface area contributed by atoms with Crippen LogP contribution in [-0.2, 0) is 21.3 Å². The van der Waals surface area contributed by atoms with Gasteiger partial charge in [-0.1, -0.05) is 13.3 Å². The molecule has 1 unspecified atom stereocenters. The van der Waals surface area contributed by atoms with E-state index in [-0.39, 0.29) is 17.3 Å². The van der Waals surface area contributed by atoms with E-state index in [1.54, 1.807) is 6.07 Å². The fourth-order valence-electron chi connectivity index (χ4n) is 5.26. The lowest BCUT2D eigenvalue weighted by Gasteiger charge is -2.42. The number of ether oxygens (including phenoxy) is 2. The van der Waals surface area contributed by atoms with Crippen molar-refractivity contribution < 1.29 is 13.9 Å². The first-order valence-corrected chi connectivity index (χ1v) is 11.9. The molecule has 2 saturated heterocycles. The summed E-state index contributed by atoms with van der Waals surface area (Å²) < 4.78 is 29.3. The van der Waals surface area contributed by atoms with Gasteiger partial charge in [0.25, 0.3) is 0 Å². The quantitative estimate of drug-likeness (QED) is 0.574. The summed E-state index contributed by atoms with van der Waals surface area (Å²) in [6, 6.07) is 7.64. The molecule has 2 fully saturated rings. The Labute approximate surface area is 194 Å². The fraction of sp³-hybridized carbons (Fsp3) is 0.500. The van der Waals surface area contributed by atoms with Gasteiger partial charge in [0.2, 0.25) is 0 Å². The Morgan fingerprint density at radius 1 is 1.27 bits per heavy atom. The van der Waals surface area contributed by atoms with Crippen LogP contribution in [0.1, 0.15) is 36.6 Å². The molecule has 0 amide bonds. The first-order valence-electron chi connectivity index (χ1n) is 11.9. The second-order valence-corrected chi connectivity index (χ2v) is 9.74. The van der Waals surface area contributed by atoms with E-state index in [0.717, 1.165) is 48.4 Å². The van der Waals surface area contributed by atoms with E-state index < -0.39 is 0 Å². The van der Waals surface area contributed by atoms with Crippen LogP contribution in [0.25, 0.3) is 16.9 Å². The Bertz CT molecular complexity index is 1150. The average Bonchev–Trinajstić information content (AvgIpc) is 3.07. The van der Waals surface area contributed by atoms with Gasteiger partial charge in [0.05, 0.1) is 42.9 Å². The lowest BCUT2D eigenvalue weighted by Crippen LogP contribution is -2.46. The molecule has 4 heterocycles. The molecule has 2 N–H and O–H groups in total. The van der Waals surface area contributed by atoms with Crippen molar-refractivity contribution in [2.75, 3.05) is 45.7 Å². The van der Waals surface area contributed by atoms with Gasteiger partial charge in [-0.25, -0.2) is 9.37 Å². The van der Waals surface area contributed by atoms with Gasteiger partial charge in [0.1, 0.15) is 11.5 Å². The fourth-order valence-corrected chi connectivity index (χ4v) is 5.26. The van der Waals surface area contributed by atoms with Crippen molar-refractivity contribution in [1.82, 2.24) is 14.3 Å². The second-order valence-electron chi connectivity index (χ2n) is 9.74. The highest BCUT2D eigenvalue weighted by atomic mass is 19.1. The van der Waals surface area contributed by atoms with Crippen LogP contribution in [0.4, 0.5) is 10.1 Å². The number of imidazole rings is 1. The molecule has 33 heavy (non-hydrogen) atoms. The predicted octanol–water partition coefficient (Wildman–Crippen LogP) is 3.97. The Morgan fingerprint density at radius 3 is 2.76 bits per heavy atom. The Morgan fingerprint density at radius 2 is 2.09 bits per heavy atom. The molecule has 176 valence electrons. The molecule has 0 saturated carbocycles. The van der Waals surface area contributed by atoms with Crippen LogP contribution < -0.4 is 5.73 Å². The van der Waals surface area contributed by atoms with Crippen molar-refractivity contribution >= 4 is 11.3 Å². The van der Waals surface area contributed by atoms with Crippen molar-refractivity contribution in [3.05, 3.63) is 53.1 Å². The number of fused-ring (bicyclic) bond motifs is 1. The number of aryl methyl sites for hydroxylation is 1. The van der Waals surface area contributed by atoms with Crippen LogP contribution in [-0.4, -0.2) is 60.3 Å². The molecule has 6 nitrogen and oxygen atoms in total. The van der Waals surface area contributed by atoms with Gasteiger partial charge >= 0.3 is 0 Å². The first-order chi connectivity index (χ1) is 15.9. The van der Waals surface area contributed by atoms with Gasteiger partial charge in [-0.2, -0.15) is 0 Å². The zero-order valence-corrected chi connectivity index (χ0v) is 19.7. The Hall–Kier alpha value is -2.48. The van der Waals surface area contributed by atoms with E-state index in [4.69, 9.17) is 20.2 Å². The van der Waals surface area contributed by atoms with E-state index in [1.165, 1.54) is 0 Å². The van der Waals surface area contributed by atoms with E-state index in [0.29, 0.717) is 43.2 Å². The van der Waals surface area contributed by atoms with Crippen molar-refractivity contribution in [2.45, 2.75) is 44.6 Å². The topological polar surface area (TPSA) is 65.0 Å². The normalized spacial score (nSPS) is 20.8. The number of anilines is 1. The van der Waals surface area contributed by atoms with E-state index >= 15 is 4.39 Å². The van der Waals surface area contributed by atoms with E-state index in [1.807, 2.05) is 35.7 Å². The maximum absolute atomic E-state index is 15.7. The molecule has 5 rings (SSSR count). The maximum Gasteiger partial charge on any atom is 0.137 e. The number of nitrogens with zero attached hydrogens (tertiary/aromatic N) is 3. The number of benzene rings is 1. The van der Waals surface area contributed by atoms with Crippen LogP contribution in [0.5, 0.6) is 0 Å². The number of rotatable bonds is 6. The van der Waals surface area contributed by atoms with Crippen molar-refractivity contribution in [2.24, 2.45) is 0 Å². The zero-order valence-electron chi connectivity index (χ0n) is 19.7. The predicted molar refractivity (Wildman–Crippen MR) is 128 cm³/mol. The minimum atomic E-state index is -0.324. The van der Waals surface area contributed by atoms with Crippen LogP contribution in [0.3, 0.4) is 0 Å². The summed E-state index contributed by atoms with van der Waals surface area (Å²) in [5.41, 5.74) is 11.6. The van der Waals surface area contributed by atoms with Gasteiger partial charge < -0.3 is 24.5 Å². The molecule has 0 bridgehead atoms. The molecule has 0 spiro atoms. The maximum atomic E-state index is 15.7. The number of nitrogen functional groups attached to an aromatic ring is 1. The number of nitrogens with two attached hydrogens (primary N) is 1. The summed E-state index contributed by atoms with van der Waals surface area (Å²) in [5, 5.41) is 0. The minimum Gasteiger partial charge on any atom is -0.398 e. The molecule has 1 aromatic carbocycles. The van der Waals surface area contributed by atoms with Gasteiger partial charge in [0, 0.05) is 36.8 Å². The molecule has 2 aliphatic heterocycles. The van der Waals surface area contributed by atoms with Crippen molar-refractivity contribution in [3.8, 4) is 11.3 Å². The number of hydrogen-bond acceptors (Lipinski definition) is 5. The summed E-state index contributed by atoms with van der Waals surface area (Å²) in [6.45, 7) is 7.85. The van der Waals surface area contributed by atoms with Crippen molar-refractivity contribution in [3.63, 3.8) is 0 Å². The third kappa shape index (κ3) is 4.03. The summed E-state index contributed by atoms with van der Waals surface area (Å²) in [6.07, 6.45) is 4.63. The number of halogens is 1. The molecule has 2 aliphatic rings. The Balaban J connectivity index is 1.60. The SMILES string of the molecule is CCCC1(c2cc(N)c(-c3nc4cc(C)ccn4c3CC3CN(C)CCO3)c(F)c2)COC1. The molecular weight excluding hydrogens is 419 g/mol. The minimum absolute atomic E-state index is 0.0206. The second kappa shape index (κ2) is 8.70. The highest BCUT2D eigenvalue weighted by Crippen LogP contribution is 2.41. The van der Waals surface area contributed by atoms with Crippen LogP contribution in [0.2, 0.25) is 0 Å². The number of hydrogen-bond donors (Lipinski definition) is 1. The molecule has 1 atom stereocenters. The number of morpholine rings is 1. The van der Waals surface area contributed by atoms with E-state index in [9.17, 15) is 0 Å². The summed E-state index contributed by atoms with van der Waals surface area (Å²) >= 11 is 0. The molecule has 0 radical (unpaired) electrons. The first kappa shape index (κ1) is 22.3. The summed E-state index contributed by atoms with van der Waals surface area (Å²) in [5.74, 6) is -0.324. The lowest BCUT2D eigenvalue weighted by molar-refractivity contribution is -0.0647. The molecule has 7 heteroatoms. The van der Waals surface area contributed by atoms with Crippen LogP contribution in [0, 0.1) is 12.7 Å². The number of aromatic nitrogens is 2. The van der Waals surface area contributed by atoms with Gasteiger partial charge in [0.15, 0.2) is 0 Å². The number of pyridine rings is 1. The van der Waals surface area contributed by atoms with Gasteiger partial charge in [-0.05, 0) is 55.8 Å². The van der Waals surface area contributed by atoms with E-state index in [2.05, 4.69) is 18.9 Å². The van der Waals surface area contributed by atoms with Crippen LogP contribution in [0.15, 0.2) is 30.5 Å². The molecular formula is C26H33FN4O2. The molecule has 2 aromatic heterocycles. The summed E-state index contributed by atoms with van der Waals surface area (Å²) in [4.78, 5) is 7.12. The Kier molecular flexibility index (Phi) is 5.89. The van der Waals surface area contributed by atoms with Crippen molar-refractivity contribution in [1.29, 1.82) is 0 Å². The third-order valence-electron chi connectivity index (χ3n) is 7.10.